The van der Waals surface area contributed by atoms with Crippen molar-refractivity contribution in [3.63, 3.8) is 0 Å². The maximum absolute atomic E-state index is 6.13. The largest absolute Gasteiger partial charge is 0.375 e. The van der Waals surface area contributed by atoms with Crippen molar-refractivity contribution in [2.45, 2.75) is 70.9 Å². The van der Waals surface area contributed by atoms with E-state index in [0.717, 1.165) is 12.8 Å². The minimum atomic E-state index is 0.355. The number of hydrogen-bond donors (Lipinski definition) is 0. The molecule has 0 spiro atoms. The van der Waals surface area contributed by atoms with Gasteiger partial charge in [0.15, 0.2) is 0 Å². The molecule has 1 saturated heterocycles. The summed E-state index contributed by atoms with van der Waals surface area (Å²) in [4.78, 5) is 2.51. The van der Waals surface area contributed by atoms with E-state index in [4.69, 9.17) is 9.47 Å². The maximum Gasteiger partial charge on any atom is 0.0628 e. The Morgan fingerprint density at radius 3 is 2.24 bits per heavy atom. The van der Waals surface area contributed by atoms with Gasteiger partial charge in [-0.15, -0.1) is 0 Å². The van der Waals surface area contributed by atoms with E-state index in [-0.39, 0.29) is 0 Å². The third-order valence-corrected chi connectivity index (χ3v) is 3.88. The van der Waals surface area contributed by atoms with E-state index < -0.39 is 0 Å². The van der Waals surface area contributed by atoms with Crippen LogP contribution in [0.2, 0.25) is 0 Å². The molecule has 3 heteroatoms. The van der Waals surface area contributed by atoms with Gasteiger partial charge in [-0.2, -0.15) is 0 Å². The second-order valence-electron chi connectivity index (χ2n) is 5.67. The molecule has 1 aliphatic heterocycles. The summed E-state index contributed by atoms with van der Waals surface area (Å²) in [6, 6.07) is 0. The van der Waals surface area contributed by atoms with Crippen molar-refractivity contribution < 1.29 is 9.47 Å². The van der Waals surface area contributed by atoms with Crippen LogP contribution in [0.15, 0.2) is 0 Å². The van der Waals surface area contributed by atoms with E-state index in [2.05, 4.69) is 25.7 Å². The van der Waals surface area contributed by atoms with Gasteiger partial charge in [-0.3, -0.25) is 0 Å². The van der Waals surface area contributed by atoms with Gasteiger partial charge >= 0.3 is 0 Å². The van der Waals surface area contributed by atoms with Crippen molar-refractivity contribution in [2.24, 2.45) is 0 Å². The molecule has 0 amide bonds. The van der Waals surface area contributed by atoms with Gasteiger partial charge in [-0.05, 0) is 46.1 Å². The number of rotatable bonds is 5. The van der Waals surface area contributed by atoms with E-state index in [9.17, 15) is 0 Å². The minimum absolute atomic E-state index is 0.355. The summed E-state index contributed by atoms with van der Waals surface area (Å²) in [7, 11) is 0. The van der Waals surface area contributed by atoms with Crippen LogP contribution in [-0.2, 0) is 9.47 Å². The van der Waals surface area contributed by atoms with Gasteiger partial charge in [0.25, 0.3) is 0 Å². The molecule has 1 saturated carbocycles. The first-order chi connectivity index (χ1) is 8.17. The average molecular weight is 241 g/mol. The van der Waals surface area contributed by atoms with Gasteiger partial charge < -0.3 is 14.4 Å². The third kappa shape index (κ3) is 3.94. The molecular weight excluding hydrogens is 214 g/mol. The lowest BCUT2D eigenvalue weighted by Gasteiger charge is -2.40. The Morgan fingerprint density at radius 1 is 1.06 bits per heavy atom. The fraction of sp³-hybridized carbons (Fsp3) is 1.00. The Balaban J connectivity index is 1.58. The zero-order valence-electron chi connectivity index (χ0n) is 11.5. The topological polar surface area (TPSA) is 21.7 Å². The third-order valence-electron chi connectivity index (χ3n) is 3.88. The molecule has 2 fully saturated rings. The zero-order chi connectivity index (χ0) is 12.3. The van der Waals surface area contributed by atoms with Crippen LogP contribution < -0.4 is 0 Å². The molecule has 0 radical (unpaired) electrons. The Hall–Kier alpha value is -0.120. The molecule has 2 aliphatic rings. The zero-order valence-corrected chi connectivity index (χ0v) is 11.5. The van der Waals surface area contributed by atoms with Crippen molar-refractivity contribution in [2.75, 3.05) is 19.6 Å². The molecule has 0 aromatic rings. The lowest BCUT2D eigenvalue weighted by molar-refractivity contribution is -0.145. The molecule has 0 bridgehead atoms. The summed E-state index contributed by atoms with van der Waals surface area (Å²) in [5.41, 5.74) is 0. The fourth-order valence-electron chi connectivity index (χ4n) is 2.76. The predicted octanol–water partition coefficient (Wildman–Crippen LogP) is 2.44. The van der Waals surface area contributed by atoms with Crippen LogP contribution in [0.3, 0.4) is 0 Å². The highest BCUT2D eigenvalue weighted by Crippen LogP contribution is 2.30. The normalized spacial score (nSPS) is 31.8. The van der Waals surface area contributed by atoms with Gasteiger partial charge in [0.2, 0.25) is 0 Å². The standard InChI is InChI=1S/C14H27NO2/c1-4-15-7-5-12(6-8-15)17-14-9-13(10-14)16-11(2)3/h11-14H,4-10H2,1-3H3/t13-,14-. The predicted molar refractivity (Wildman–Crippen MR) is 69.3 cm³/mol. The Morgan fingerprint density at radius 2 is 1.71 bits per heavy atom. The monoisotopic (exact) mass is 241 g/mol. The summed E-state index contributed by atoms with van der Waals surface area (Å²) in [6.07, 6.45) is 6.41. The van der Waals surface area contributed by atoms with Crippen LogP contribution >= 0.6 is 0 Å². The summed E-state index contributed by atoms with van der Waals surface area (Å²) >= 11 is 0. The van der Waals surface area contributed by atoms with Crippen molar-refractivity contribution in [3.8, 4) is 0 Å². The van der Waals surface area contributed by atoms with Gasteiger partial charge in [0.05, 0.1) is 24.4 Å². The van der Waals surface area contributed by atoms with Crippen LogP contribution in [0.1, 0.15) is 46.5 Å². The molecule has 2 rings (SSSR count). The van der Waals surface area contributed by atoms with E-state index in [1.54, 1.807) is 0 Å². The highest BCUT2D eigenvalue weighted by Gasteiger charge is 2.33. The maximum atomic E-state index is 6.13. The lowest BCUT2D eigenvalue weighted by Crippen LogP contribution is -2.44. The first-order valence-corrected chi connectivity index (χ1v) is 7.20. The molecule has 0 N–H and O–H groups in total. The lowest BCUT2D eigenvalue weighted by atomic mass is 9.91. The second kappa shape index (κ2) is 6.17. The van der Waals surface area contributed by atoms with Crippen LogP contribution in [0.25, 0.3) is 0 Å². The number of nitrogens with zero attached hydrogens (tertiary/aromatic N) is 1. The van der Waals surface area contributed by atoms with Crippen LogP contribution in [-0.4, -0.2) is 49.0 Å². The summed E-state index contributed by atoms with van der Waals surface area (Å²) in [5, 5.41) is 0. The van der Waals surface area contributed by atoms with Crippen LogP contribution in [0.5, 0.6) is 0 Å². The molecule has 1 heterocycles. The molecular formula is C14H27NO2. The smallest absolute Gasteiger partial charge is 0.0628 e. The molecule has 17 heavy (non-hydrogen) atoms. The summed E-state index contributed by atoms with van der Waals surface area (Å²) < 4.78 is 11.9. The Bertz CT molecular complexity index is 218. The molecule has 0 atom stereocenters. The molecule has 100 valence electrons. The number of likely N-dealkylation sites (tertiary alicyclic amines) is 1. The number of ether oxygens (including phenoxy) is 2. The molecule has 1 aliphatic carbocycles. The van der Waals surface area contributed by atoms with Crippen LogP contribution in [0.4, 0.5) is 0 Å². The molecule has 0 aromatic heterocycles. The molecule has 0 unspecified atom stereocenters. The van der Waals surface area contributed by atoms with Gasteiger partial charge in [-0.1, -0.05) is 6.92 Å². The van der Waals surface area contributed by atoms with Gasteiger partial charge in [0, 0.05) is 13.1 Å². The van der Waals surface area contributed by atoms with E-state index in [1.807, 2.05) is 0 Å². The average Bonchev–Trinajstić information content (AvgIpc) is 2.26. The Kier molecular flexibility index (Phi) is 4.83. The van der Waals surface area contributed by atoms with E-state index in [1.165, 1.54) is 32.5 Å². The Labute approximate surface area is 105 Å². The first-order valence-electron chi connectivity index (χ1n) is 7.20. The highest BCUT2D eigenvalue weighted by molar-refractivity contribution is 4.84. The van der Waals surface area contributed by atoms with E-state index >= 15 is 0 Å². The SMILES string of the molecule is CCN1CCC(O[C@H]2C[C@H](OC(C)C)C2)CC1. The van der Waals surface area contributed by atoms with Crippen molar-refractivity contribution >= 4 is 0 Å². The molecule has 3 nitrogen and oxygen atoms in total. The summed E-state index contributed by atoms with van der Waals surface area (Å²) in [6.45, 7) is 10.0. The molecule has 0 aromatic carbocycles. The number of hydrogen-bond acceptors (Lipinski definition) is 3. The number of piperidine rings is 1. The quantitative estimate of drug-likeness (QED) is 0.738. The summed E-state index contributed by atoms with van der Waals surface area (Å²) in [5.74, 6) is 0. The van der Waals surface area contributed by atoms with Gasteiger partial charge in [0.1, 0.15) is 0 Å². The second-order valence-corrected chi connectivity index (χ2v) is 5.67. The van der Waals surface area contributed by atoms with Gasteiger partial charge in [-0.25, -0.2) is 0 Å². The fourth-order valence-corrected chi connectivity index (χ4v) is 2.76. The highest BCUT2D eigenvalue weighted by atomic mass is 16.5. The minimum Gasteiger partial charge on any atom is -0.375 e. The van der Waals surface area contributed by atoms with Crippen LogP contribution in [0, 0.1) is 0 Å². The first kappa shape index (κ1) is 13.3. The van der Waals surface area contributed by atoms with Crippen molar-refractivity contribution in [3.05, 3.63) is 0 Å². The van der Waals surface area contributed by atoms with E-state index in [0.29, 0.717) is 24.4 Å². The van der Waals surface area contributed by atoms with Crippen molar-refractivity contribution in [1.82, 2.24) is 4.90 Å². The van der Waals surface area contributed by atoms with Crippen molar-refractivity contribution in [1.29, 1.82) is 0 Å².